The van der Waals surface area contributed by atoms with E-state index in [1.807, 2.05) is 6.07 Å². The maximum absolute atomic E-state index is 9.89. The minimum atomic E-state index is -0.306. The molecule has 2 aromatic rings. The first-order valence-corrected chi connectivity index (χ1v) is 6.03. The molecule has 0 bridgehead atoms. The molecule has 0 amide bonds. The zero-order valence-corrected chi connectivity index (χ0v) is 9.84. The molecule has 3 heteroatoms. The van der Waals surface area contributed by atoms with E-state index in [-0.39, 0.29) is 6.10 Å². The summed E-state index contributed by atoms with van der Waals surface area (Å²) >= 11 is 3.48. The lowest BCUT2D eigenvalue weighted by Crippen LogP contribution is -2.07. The number of nitrogens with one attached hydrogen (secondary N) is 1. The number of benzene rings is 1. The fourth-order valence-corrected chi connectivity index (χ4v) is 2.77. The predicted molar refractivity (Wildman–Crippen MR) is 63.9 cm³/mol. The fourth-order valence-electron chi connectivity index (χ4n) is 2.41. The quantitative estimate of drug-likeness (QED) is 0.754. The van der Waals surface area contributed by atoms with Gasteiger partial charge in [-0.15, -0.1) is 0 Å². The molecule has 2 N–H and O–H groups in total. The molecule has 0 unspecified atom stereocenters. The number of aromatic nitrogens is 1. The lowest BCUT2D eigenvalue weighted by Gasteiger charge is -2.17. The summed E-state index contributed by atoms with van der Waals surface area (Å²) in [6.07, 6.45) is 2.72. The highest BCUT2D eigenvalue weighted by molar-refractivity contribution is 9.10. The maximum atomic E-state index is 9.89. The molecule has 1 aliphatic carbocycles. The zero-order valence-electron chi connectivity index (χ0n) is 8.26. The number of aliphatic hydroxyl groups excluding tert-OH is 1. The number of fused-ring (bicyclic) bond motifs is 3. The van der Waals surface area contributed by atoms with Gasteiger partial charge in [0.25, 0.3) is 0 Å². The third kappa shape index (κ3) is 1.42. The average molecular weight is 266 g/mol. The van der Waals surface area contributed by atoms with Crippen molar-refractivity contribution < 1.29 is 5.11 Å². The molecule has 0 saturated carbocycles. The van der Waals surface area contributed by atoms with E-state index in [1.165, 1.54) is 10.9 Å². The molecule has 0 saturated heterocycles. The van der Waals surface area contributed by atoms with Crippen LogP contribution in [0.1, 0.15) is 30.2 Å². The molecule has 0 aliphatic heterocycles. The summed E-state index contributed by atoms with van der Waals surface area (Å²) in [6, 6.07) is 6.21. The maximum Gasteiger partial charge on any atom is 0.0941 e. The van der Waals surface area contributed by atoms with Gasteiger partial charge in [0.05, 0.1) is 6.10 Å². The Labute approximate surface area is 96.4 Å². The molecule has 1 heterocycles. The molecule has 0 radical (unpaired) electrons. The van der Waals surface area contributed by atoms with Gasteiger partial charge in [-0.1, -0.05) is 15.9 Å². The SMILES string of the molecule is O[C@H]1CCCc2c1[nH]c1ccc(Br)cc21. The van der Waals surface area contributed by atoms with E-state index < -0.39 is 0 Å². The van der Waals surface area contributed by atoms with Crippen molar-refractivity contribution in [2.45, 2.75) is 25.4 Å². The van der Waals surface area contributed by atoms with Gasteiger partial charge in [-0.25, -0.2) is 0 Å². The van der Waals surface area contributed by atoms with Crippen molar-refractivity contribution in [3.05, 3.63) is 33.9 Å². The van der Waals surface area contributed by atoms with Gasteiger partial charge in [-0.3, -0.25) is 0 Å². The summed E-state index contributed by atoms with van der Waals surface area (Å²) in [4.78, 5) is 3.32. The molecule has 1 aromatic carbocycles. The first-order valence-electron chi connectivity index (χ1n) is 5.24. The van der Waals surface area contributed by atoms with Gasteiger partial charge >= 0.3 is 0 Å². The van der Waals surface area contributed by atoms with E-state index in [4.69, 9.17) is 0 Å². The summed E-state index contributed by atoms with van der Waals surface area (Å²) in [5.74, 6) is 0. The van der Waals surface area contributed by atoms with Gasteiger partial charge in [0, 0.05) is 21.1 Å². The lowest BCUT2D eigenvalue weighted by atomic mass is 9.94. The van der Waals surface area contributed by atoms with Gasteiger partial charge in [-0.05, 0) is 43.0 Å². The zero-order chi connectivity index (χ0) is 10.4. The Balaban J connectivity index is 2.31. The summed E-state index contributed by atoms with van der Waals surface area (Å²) in [6.45, 7) is 0. The minimum Gasteiger partial charge on any atom is -0.387 e. The Bertz CT molecular complexity index is 518. The van der Waals surface area contributed by atoms with Crippen molar-refractivity contribution in [1.82, 2.24) is 4.98 Å². The molecule has 78 valence electrons. The van der Waals surface area contributed by atoms with Crippen molar-refractivity contribution in [2.24, 2.45) is 0 Å². The fraction of sp³-hybridized carbons (Fsp3) is 0.333. The van der Waals surface area contributed by atoms with Crippen LogP contribution in [0.25, 0.3) is 10.9 Å². The van der Waals surface area contributed by atoms with E-state index in [2.05, 4.69) is 33.0 Å². The number of rotatable bonds is 0. The predicted octanol–water partition coefficient (Wildman–Crippen LogP) is 3.30. The largest absolute Gasteiger partial charge is 0.387 e. The standard InChI is InChI=1S/C12H12BrNO/c13-7-4-5-10-9(6-7)8-2-1-3-11(15)12(8)14-10/h4-6,11,14-15H,1-3H2/t11-/m0/s1. The van der Waals surface area contributed by atoms with Crippen LogP contribution in [0.5, 0.6) is 0 Å². The van der Waals surface area contributed by atoms with E-state index in [0.717, 1.165) is 34.9 Å². The Morgan fingerprint density at radius 3 is 3.13 bits per heavy atom. The first kappa shape index (κ1) is 9.43. The van der Waals surface area contributed by atoms with E-state index >= 15 is 0 Å². The number of halogens is 1. The summed E-state index contributed by atoms with van der Waals surface area (Å²) < 4.78 is 1.09. The third-order valence-corrected chi connectivity index (χ3v) is 3.63. The van der Waals surface area contributed by atoms with Crippen LogP contribution in [-0.4, -0.2) is 10.1 Å². The van der Waals surface area contributed by atoms with Crippen molar-refractivity contribution in [3.63, 3.8) is 0 Å². The highest BCUT2D eigenvalue weighted by atomic mass is 79.9. The molecule has 1 aromatic heterocycles. The molecule has 0 spiro atoms. The topological polar surface area (TPSA) is 36.0 Å². The Hall–Kier alpha value is -0.800. The second-order valence-corrected chi connectivity index (χ2v) is 5.03. The van der Waals surface area contributed by atoms with Crippen LogP contribution in [0, 0.1) is 0 Å². The molecule has 1 aliphatic rings. The van der Waals surface area contributed by atoms with Crippen molar-refractivity contribution in [1.29, 1.82) is 0 Å². The van der Waals surface area contributed by atoms with E-state index in [1.54, 1.807) is 0 Å². The van der Waals surface area contributed by atoms with Gasteiger partial charge < -0.3 is 10.1 Å². The number of aliphatic hydroxyl groups is 1. The van der Waals surface area contributed by atoms with Gasteiger partial charge in [-0.2, -0.15) is 0 Å². The number of aryl methyl sites for hydroxylation is 1. The molecular formula is C12H12BrNO. The summed E-state index contributed by atoms with van der Waals surface area (Å²) in [5.41, 5.74) is 3.45. The second kappa shape index (κ2) is 3.35. The van der Waals surface area contributed by atoms with Crippen LogP contribution in [0.2, 0.25) is 0 Å². The monoisotopic (exact) mass is 265 g/mol. The Morgan fingerprint density at radius 2 is 2.27 bits per heavy atom. The average Bonchev–Trinajstić information content (AvgIpc) is 2.58. The van der Waals surface area contributed by atoms with Crippen LogP contribution < -0.4 is 0 Å². The van der Waals surface area contributed by atoms with E-state index in [9.17, 15) is 5.11 Å². The van der Waals surface area contributed by atoms with Gasteiger partial charge in [0.1, 0.15) is 0 Å². The molecular weight excluding hydrogens is 254 g/mol. The smallest absolute Gasteiger partial charge is 0.0941 e. The molecule has 2 nitrogen and oxygen atoms in total. The highest BCUT2D eigenvalue weighted by Crippen LogP contribution is 2.35. The van der Waals surface area contributed by atoms with Crippen molar-refractivity contribution in [2.75, 3.05) is 0 Å². The van der Waals surface area contributed by atoms with Crippen LogP contribution >= 0.6 is 15.9 Å². The number of H-pyrrole nitrogens is 1. The number of hydrogen-bond donors (Lipinski definition) is 2. The number of hydrogen-bond acceptors (Lipinski definition) is 1. The Kier molecular flexibility index (Phi) is 2.11. The van der Waals surface area contributed by atoms with Gasteiger partial charge in [0.15, 0.2) is 0 Å². The van der Waals surface area contributed by atoms with Crippen LogP contribution in [0.15, 0.2) is 22.7 Å². The van der Waals surface area contributed by atoms with Gasteiger partial charge in [0.2, 0.25) is 0 Å². The minimum absolute atomic E-state index is 0.306. The normalized spacial score (nSPS) is 20.5. The number of aromatic amines is 1. The Morgan fingerprint density at radius 1 is 1.40 bits per heavy atom. The molecule has 15 heavy (non-hydrogen) atoms. The first-order chi connectivity index (χ1) is 7.25. The van der Waals surface area contributed by atoms with Crippen LogP contribution in [0.4, 0.5) is 0 Å². The summed E-state index contributed by atoms with van der Waals surface area (Å²) in [7, 11) is 0. The molecule has 0 fully saturated rings. The third-order valence-electron chi connectivity index (χ3n) is 3.14. The van der Waals surface area contributed by atoms with Crippen molar-refractivity contribution in [3.8, 4) is 0 Å². The van der Waals surface area contributed by atoms with Crippen LogP contribution in [0.3, 0.4) is 0 Å². The van der Waals surface area contributed by atoms with Crippen molar-refractivity contribution >= 4 is 26.8 Å². The summed E-state index contributed by atoms with van der Waals surface area (Å²) in [5, 5.41) is 11.1. The molecule has 3 rings (SSSR count). The van der Waals surface area contributed by atoms with E-state index in [0.29, 0.717) is 0 Å². The highest BCUT2D eigenvalue weighted by Gasteiger charge is 2.22. The second-order valence-electron chi connectivity index (χ2n) is 4.12. The van der Waals surface area contributed by atoms with Crippen LogP contribution in [-0.2, 0) is 6.42 Å². The lowest BCUT2D eigenvalue weighted by molar-refractivity contribution is 0.153. The molecule has 1 atom stereocenters.